The molecule has 0 bridgehead atoms. The highest BCUT2D eigenvalue weighted by Gasteiger charge is 2.54. The molecule has 0 saturated carbocycles. The fourth-order valence-corrected chi connectivity index (χ4v) is 3.43. The summed E-state index contributed by atoms with van der Waals surface area (Å²) in [5.74, 6) is -5.44. The summed E-state index contributed by atoms with van der Waals surface area (Å²) in [5.41, 5.74) is -1.13. The molecule has 0 spiro atoms. The van der Waals surface area contributed by atoms with E-state index < -0.39 is 84.5 Å². The summed E-state index contributed by atoms with van der Waals surface area (Å²) in [6.07, 6.45) is -5.98. The molecule has 198 valence electrons. The van der Waals surface area contributed by atoms with Gasteiger partial charge < -0.3 is 33.2 Å². The number of aromatic nitrogens is 3. The minimum absolute atomic E-state index is 0.496. The van der Waals surface area contributed by atoms with Crippen LogP contribution in [0.3, 0.4) is 0 Å². The predicted molar refractivity (Wildman–Crippen MR) is 110 cm³/mol. The van der Waals surface area contributed by atoms with E-state index in [9.17, 15) is 28.8 Å². The van der Waals surface area contributed by atoms with Crippen molar-refractivity contribution in [1.82, 2.24) is 15.0 Å². The van der Waals surface area contributed by atoms with E-state index in [1.165, 1.54) is 0 Å². The van der Waals surface area contributed by atoms with E-state index in [0.717, 1.165) is 46.6 Å². The van der Waals surface area contributed by atoms with Crippen LogP contribution in [-0.2, 0) is 52.3 Å². The molecule has 1 aliphatic rings. The van der Waals surface area contributed by atoms with E-state index in [0.29, 0.717) is 0 Å². The van der Waals surface area contributed by atoms with Crippen LogP contribution in [0.1, 0.15) is 54.7 Å². The molecule has 2 heterocycles. The number of methoxy groups -OCH3 is 2. The van der Waals surface area contributed by atoms with Gasteiger partial charge >= 0.3 is 35.8 Å². The van der Waals surface area contributed by atoms with Gasteiger partial charge in [-0.25, -0.2) is 14.3 Å². The fourth-order valence-electron chi connectivity index (χ4n) is 3.43. The maximum atomic E-state index is 12.6. The lowest BCUT2D eigenvalue weighted by molar-refractivity contribution is -0.280. The van der Waals surface area contributed by atoms with Crippen LogP contribution < -0.4 is 0 Å². The number of carbonyl (C=O) groups excluding carboxylic acids is 6. The zero-order chi connectivity index (χ0) is 27.2. The molecule has 1 fully saturated rings. The number of hydrogen-bond donors (Lipinski definition) is 0. The number of carbonyl (C=O) groups is 6. The average molecular weight is 515 g/mol. The van der Waals surface area contributed by atoms with Crippen molar-refractivity contribution < 1.29 is 61.9 Å². The third kappa shape index (κ3) is 6.53. The Morgan fingerprint density at radius 2 is 1.36 bits per heavy atom. The van der Waals surface area contributed by atoms with E-state index in [4.69, 9.17) is 28.4 Å². The van der Waals surface area contributed by atoms with Crippen LogP contribution in [-0.4, -0.2) is 96.2 Å². The summed E-state index contributed by atoms with van der Waals surface area (Å²) in [5, 5.41) is 7.43. The molecular weight excluding hydrogens is 490 g/mol. The largest absolute Gasteiger partial charge is 0.464 e. The van der Waals surface area contributed by atoms with Crippen molar-refractivity contribution in [2.45, 2.75) is 58.3 Å². The quantitative estimate of drug-likeness (QED) is 0.305. The van der Waals surface area contributed by atoms with E-state index in [2.05, 4.69) is 15.0 Å². The lowest BCUT2D eigenvalue weighted by Gasteiger charge is -2.44. The highest BCUT2D eigenvalue weighted by molar-refractivity contribution is 6.00. The standard InChI is InChI=1S/C20H25N3O13/c1-8(24)32-7-12-16(33-9(2)25)17(34-10(3)26)15(20(36-12)35-11(4)27)23-14(19(29)31-6)13(21-22-23)18(28)30-5/h12,15-17,20H,7H2,1-6H3/t12-,15-,16-,17-,20+/m1/s1. The van der Waals surface area contributed by atoms with E-state index in [-0.39, 0.29) is 0 Å². The van der Waals surface area contributed by atoms with Gasteiger partial charge in [0.25, 0.3) is 0 Å². The molecule has 1 aromatic heterocycles. The van der Waals surface area contributed by atoms with Crippen LogP contribution in [0, 0.1) is 0 Å². The van der Waals surface area contributed by atoms with Gasteiger partial charge in [0.15, 0.2) is 23.9 Å². The Morgan fingerprint density at radius 1 is 0.806 bits per heavy atom. The highest BCUT2D eigenvalue weighted by atomic mass is 16.7. The molecule has 2 rings (SSSR count). The molecule has 1 saturated heterocycles. The Hall–Kier alpha value is -4.08. The van der Waals surface area contributed by atoms with Crippen LogP contribution >= 0.6 is 0 Å². The first-order chi connectivity index (χ1) is 16.9. The molecule has 36 heavy (non-hydrogen) atoms. The van der Waals surface area contributed by atoms with Crippen molar-refractivity contribution in [3.05, 3.63) is 11.4 Å². The van der Waals surface area contributed by atoms with Crippen molar-refractivity contribution in [3.63, 3.8) is 0 Å². The SMILES string of the molecule is COC(=O)c1nnn([C@H]2[C@@H](OC(C)=O)O[C@H](COC(C)=O)[C@@H](OC(C)=O)[C@@H]2OC(C)=O)c1C(=O)OC. The molecule has 0 amide bonds. The van der Waals surface area contributed by atoms with E-state index in [1.54, 1.807) is 0 Å². The normalized spacial score (nSPS) is 23.1. The van der Waals surface area contributed by atoms with E-state index >= 15 is 0 Å². The summed E-state index contributed by atoms with van der Waals surface area (Å²) in [7, 11) is 2.05. The van der Waals surface area contributed by atoms with Crippen molar-refractivity contribution in [1.29, 1.82) is 0 Å². The van der Waals surface area contributed by atoms with Crippen LogP contribution in [0.4, 0.5) is 0 Å². The predicted octanol–water partition coefficient (Wildman–Crippen LogP) is -0.893. The Morgan fingerprint density at radius 3 is 1.86 bits per heavy atom. The second-order valence-electron chi connectivity index (χ2n) is 7.31. The zero-order valence-electron chi connectivity index (χ0n) is 20.2. The molecule has 0 aromatic carbocycles. The molecule has 1 aliphatic heterocycles. The number of rotatable bonds is 8. The lowest BCUT2D eigenvalue weighted by Crippen LogP contribution is -2.60. The number of esters is 6. The maximum absolute atomic E-state index is 12.6. The molecule has 0 aliphatic carbocycles. The third-order valence-corrected chi connectivity index (χ3v) is 4.69. The minimum atomic E-state index is -1.67. The number of hydrogen-bond acceptors (Lipinski definition) is 15. The van der Waals surface area contributed by atoms with Gasteiger partial charge in [-0.2, -0.15) is 0 Å². The Bertz CT molecular complexity index is 1040. The monoisotopic (exact) mass is 515 g/mol. The van der Waals surface area contributed by atoms with Gasteiger partial charge in [0, 0.05) is 27.7 Å². The molecule has 0 unspecified atom stereocenters. The summed E-state index contributed by atoms with van der Waals surface area (Å²) < 4.78 is 36.8. The van der Waals surface area contributed by atoms with Gasteiger partial charge in [0.1, 0.15) is 12.7 Å². The maximum Gasteiger partial charge on any atom is 0.361 e. The van der Waals surface area contributed by atoms with Crippen molar-refractivity contribution in [2.75, 3.05) is 20.8 Å². The van der Waals surface area contributed by atoms with Gasteiger partial charge in [-0.05, 0) is 0 Å². The van der Waals surface area contributed by atoms with Gasteiger partial charge in [0.05, 0.1) is 14.2 Å². The van der Waals surface area contributed by atoms with Crippen LogP contribution in [0.25, 0.3) is 0 Å². The molecule has 16 nitrogen and oxygen atoms in total. The Labute approximate surface area is 204 Å². The first kappa shape index (κ1) is 28.2. The Balaban J connectivity index is 2.76. The van der Waals surface area contributed by atoms with Crippen LogP contribution in [0.2, 0.25) is 0 Å². The Kier molecular flexibility index (Phi) is 9.43. The number of nitrogens with zero attached hydrogens (tertiary/aromatic N) is 3. The number of ether oxygens (including phenoxy) is 7. The van der Waals surface area contributed by atoms with Gasteiger partial charge in [0.2, 0.25) is 12.0 Å². The molecule has 0 N–H and O–H groups in total. The second-order valence-corrected chi connectivity index (χ2v) is 7.31. The molecular formula is C20H25N3O13. The fraction of sp³-hybridized carbons (Fsp3) is 0.600. The lowest BCUT2D eigenvalue weighted by atomic mass is 9.95. The summed E-state index contributed by atoms with van der Waals surface area (Å²) in [4.78, 5) is 72.1. The van der Waals surface area contributed by atoms with Gasteiger partial charge in [-0.15, -0.1) is 5.10 Å². The van der Waals surface area contributed by atoms with Gasteiger partial charge in [-0.1, -0.05) is 5.21 Å². The molecule has 5 atom stereocenters. The van der Waals surface area contributed by atoms with E-state index in [1.807, 2.05) is 0 Å². The van der Waals surface area contributed by atoms with Gasteiger partial charge in [-0.3, -0.25) is 19.2 Å². The summed E-state index contributed by atoms with van der Waals surface area (Å²) >= 11 is 0. The van der Waals surface area contributed by atoms with Crippen LogP contribution in [0.5, 0.6) is 0 Å². The molecule has 1 aromatic rings. The second kappa shape index (κ2) is 12.1. The zero-order valence-corrected chi connectivity index (χ0v) is 20.2. The molecule has 16 heteroatoms. The smallest absolute Gasteiger partial charge is 0.361 e. The minimum Gasteiger partial charge on any atom is -0.464 e. The summed E-state index contributed by atoms with van der Waals surface area (Å²) in [6, 6.07) is -1.55. The third-order valence-electron chi connectivity index (χ3n) is 4.69. The van der Waals surface area contributed by atoms with Crippen molar-refractivity contribution in [3.8, 4) is 0 Å². The molecule has 0 radical (unpaired) electrons. The van der Waals surface area contributed by atoms with Crippen LogP contribution in [0.15, 0.2) is 0 Å². The van der Waals surface area contributed by atoms with Crippen molar-refractivity contribution >= 4 is 35.8 Å². The highest BCUT2D eigenvalue weighted by Crippen LogP contribution is 2.36. The first-order valence-electron chi connectivity index (χ1n) is 10.3. The van der Waals surface area contributed by atoms with Crippen molar-refractivity contribution in [2.24, 2.45) is 0 Å². The first-order valence-corrected chi connectivity index (χ1v) is 10.3. The topological polar surface area (TPSA) is 198 Å². The average Bonchev–Trinajstić information content (AvgIpc) is 3.22. The summed E-state index contributed by atoms with van der Waals surface area (Å²) in [6.45, 7) is 3.77.